The van der Waals surface area contributed by atoms with Crippen molar-refractivity contribution in [2.75, 3.05) is 0 Å². The van der Waals surface area contributed by atoms with Crippen LogP contribution in [0, 0.1) is 0 Å². The van der Waals surface area contributed by atoms with E-state index in [1.165, 1.54) is 11.1 Å². The molecule has 35 heavy (non-hydrogen) atoms. The second-order valence-corrected chi connectivity index (χ2v) is 9.27. The summed E-state index contributed by atoms with van der Waals surface area (Å²) in [4.78, 5) is 10.0. The van der Waals surface area contributed by atoms with Gasteiger partial charge >= 0.3 is 0 Å². The largest absolute Gasteiger partial charge is 0.228 e. The maximum atomic E-state index is 5.03. The van der Waals surface area contributed by atoms with Crippen molar-refractivity contribution < 1.29 is 0 Å². The Hall–Kier alpha value is -4.08. The fourth-order valence-corrected chi connectivity index (χ4v) is 4.90. The van der Waals surface area contributed by atoms with Crippen molar-refractivity contribution in [3.63, 3.8) is 0 Å². The molecule has 5 aromatic carbocycles. The van der Waals surface area contributed by atoms with Gasteiger partial charge in [-0.3, -0.25) is 0 Å². The topological polar surface area (TPSA) is 25.8 Å². The Morgan fingerprint density at radius 3 is 1.80 bits per heavy atom. The van der Waals surface area contributed by atoms with Gasteiger partial charge in [0.25, 0.3) is 0 Å². The Bertz CT molecular complexity index is 1640. The molecule has 2 nitrogen and oxygen atoms in total. The molecule has 0 aliphatic rings. The number of benzene rings is 5. The molecule has 0 fully saturated rings. The molecule has 0 N–H and O–H groups in total. The van der Waals surface area contributed by atoms with Crippen LogP contribution in [0.3, 0.4) is 0 Å². The minimum Gasteiger partial charge on any atom is -0.228 e. The Balaban J connectivity index is 1.57. The Morgan fingerprint density at radius 1 is 0.429 bits per heavy atom. The van der Waals surface area contributed by atoms with E-state index in [1.807, 2.05) is 24.3 Å². The van der Waals surface area contributed by atoms with Crippen LogP contribution in [-0.2, 0) is 0 Å². The highest BCUT2D eigenvalue weighted by molar-refractivity contribution is 9.10. The molecule has 0 radical (unpaired) electrons. The molecule has 0 unspecified atom stereocenters. The van der Waals surface area contributed by atoms with E-state index in [-0.39, 0.29) is 0 Å². The first-order valence-corrected chi connectivity index (χ1v) is 12.3. The molecule has 0 amide bonds. The molecule has 0 aliphatic heterocycles. The minimum absolute atomic E-state index is 0.718. The number of halogens is 1. The molecule has 0 spiro atoms. The molecule has 0 saturated carbocycles. The molecule has 3 heteroatoms. The fourth-order valence-electron chi connectivity index (χ4n) is 4.42. The number of fused-ring (bicyclic) bond motifs is 1. The van der Waals surface area contributed by atoms with Crippen LogP contribution < -0.4 is 0 Å². The van der Waals surface area contributed by atoms with E-state index in [0.29, 0.717) is 0 Å². The summed E-state index contributed by atoms with van der Waals surface area (Å²) < 4.78 is 1.07. The lowest BCUT2D eigenvalue weighted by Crippen LogP contribution is -1.96. The zero-order chi connectivity index (χ0) is 23.6. The van der Waals surface area contributed by atoms with Crippen molar-refractivity contribution in [3.05, 3.63) is 132 Å². The van der Waals surface area contributed by atoms with Gasteiger partial charge in [-0.1, -0.05) is 125 Å². The Kier molecular flexibility index (Phi) is 5.69. The summed E-state index contributed by atoms with van der Waals surface area (Å²) in [6.07, 6.45) is 0. The molecule has 0 atom stereocenters. The number of aromatic nitrogens is 2. The van der Waals surface area contributed by atoms with E-state index in [4.69, 9.17) is 9.97 Å². The lowest BCUT2D eigenvalue weighted by atomic mass is 9.99. The van der Waals surface area contributed by atoms with Crippen LogP contribution in [0.2, 0.25) is 0 Å². The van der Waals surface area contributed by atoms with Crippen molar-refractivity contribution >= 4 is 26.7 Å². The van der Waals surface area contributed by atoms with Crippen LogP contribution in [0.4, 0.5) is 0 Å². The zero-order valence-corrected chi connectivity index (χ0v) is 20.5. The summed E-state index contributed by atoms with van der Waals surface area (Å²) in [5.41, 5.74) is 7.31. The smallest absolute Gasteiger partial charge is 0.160 e. The summed E-state index contributed by atoms with van der Waals surface area (Å²) in [5.74, 6) is 0.718. The van der Waals surface area contributed by atoms with Gasteiger partial charge in [0.2, 0.25) is 0 Å². The third kappa shape index (κ3) is 4.27. The fraction of sp³-hybridized carbons (Fsp3) is 0. The SMILES string of the molecule is Brc1ccc(-c2cc(-c3cccc(-c4ccccc4)c3)nc(-c3ccccc3)n2)c2ccccc12. The highest BCUT2D eigenvalue weighted by atomic mass is 79.9. The van der Waals surface area contributed by atoms with E-state index < -0.39 is 0 Å². The van der Waals surface area contributed by atoms with E-state index in [2.05, 4.69) is 119 Å². The van der Waals surface area contributed by atoms with Crippen LogP contribution in [0.15, 0.2) is 132 Å². The molecule has 6 aromatic rings. The molecule has 0 bridgehead atoms. The van der Waals surface area contributed by atoms with Crippen molar-refractivity contribution in [3.8, 4) is 45.0 Å². The van der Waals surface area contributed by atoms with E-state index >= 15 is 0 Å². The maximum Gasteiger partial charge on any atom is 0.160 e. The zero-order valence-electron chi connectivity index (χ0n) is 18.9. The monoisotopic (exact) mass is 512 g/mol. The predicted molar refractivity (Wildman–Crippen MR) is 149 cm³/mol. The molecule has 166 valence electrons. The normalized spacial score (nSPS) is 11.0. The molecule has 1 aromatic heterocycles. The first-order chi connectivity index (χ1) is 17.3. The summed E-state index contributed by atoms with van der Waals surface area (Å²) in [5, 5.41) is 2.32. The molecule has 1 heterocycles. The molecule has 0 aliphatic carbocycles. The number of nitrogens with zero attached hydrogens (tertiary/aromatic N) is 2. The summed E-state index contributed by atoms with van der Waals surface area (Å²) in [6.45, 7) is 0. The highest BCUT2D eigenvalue weighted by Crippen LogP contribution is 2.35. The summed E-state index contributed by atoms with van der Waals surface area (Å²) >= 11 is 3.70. The van der Waals surface area contributed by atoms with Gasteiger partial charge in [0.1, 0.15) is 0 Å². The van der Waals surface area contributed by atoms with Crippen molar-refractivity contribution in [1.29, 1.82) is 0 Å². The summed E-state index contributed by atoms with van der Waals surface area (Å²) in [6, 6.07) is 43.9. The molecule has 0 saturated heterocycles. The van der Waals surface area contributed by atoms with Crippen molar-refractivity contribution in [2.24, 2.45) is 0 Å². The number of hydrogen-bond acceptors (Lipinski definition) is 2. The van der Waals surface area contributed by atoms with E-state index in [0.717, 1.165) is 49.1 Å². The van der Waals surface area contributed by atoms with Gasteiger partial charge in [0.15, 0.2) is 5.82 Å². The van der Waals surface area contributed by atoms with Gasteiger partial charge in [-0.25, -0.2) is 9.97 Å². The van der Waals surface area contributed by atoms with E-state index in [9.17, 15) is 0 Å². The third-order valence-electron chi connectivity index (χ3n) is 6.17. The van der Waals surface area contributed by atoms with Crippen LogP contribution in [0.25, 0.3) is 55.8 Å². The van der Waals surface area contributed by atoms with Gasteiger partial charge in [0.05, 0.1) is 11.4 Å². The van der Waals surface area contributed by atoms with E-state index in [1.54, 1.807) is 0 Å². The molecule has 6 rings (SSSR count). The van der Waals surface area contributed by atoms with Gasteiger partial charge in [-0.15, -0.1) is 0 Å². The maximum absolute atomic E-state index is 5.03. The Labute approximate surface area is 213 Å². The second-order valence-electron chi connectivity index (χ2n) is 8.42. The van der Waals surface area contributed by atoms with Gasteiger partial charge in [-0.05, 0) is 40.1 Å². The standard InChI is InChI=1S/C32H21BrN2/c33-29-19-18-28(26-16-7-8-17-27(26)29)31-21-30(34-32(35-31)23-12-5-2-6-13-23)25-15-9-14-24(20-25)22-10-3-1-4-11-22/h1-21H. The molecular formula is C32H21BrN2. The predicted octanol–water partition coefficient (Wildman–Crippen LogP) is 9.06. The van der Waals surface area contributed by atoms with Crippen LogP contribution >= 0.6 is 15.9 Å². The van der Waals surface area contributed by atoms with Crippen LogP contribution in [-0.4, -0.2) is 9.97 Å². The van der Waals surface area contributed by atoms with Gasteiger partial charge < -0.3 is 0 Å². The highest BCUT2D eigenvalue weighted by Gasteiger charge is 2.14. The lowest BCUT2D eigenvalue weighted by molar-refractivity contribution is 1.18. The van der Waals surface area contributed by atoms with Gasteiger partial charge in [0, 0.05) is 21.2 Å². The minimum atomic E-state index is 0.718. The average molecular weight is 513 g/mol. The van der Waals surface area contributed by atoms with Gasteiger partial charge in [-0.2, -0.15) is 0 Å². The van der Waals surface area contributed by atoms with Crippen LogP contribution in [0.5, 0.6) is 0 Å². The van der Waals surface area contributed by atoms with Crippen molar-refractivity contribution in [2.45, 2.75) is 0 Å². The quantitative estimate of drug-likeness (QED) is 0.235. The first-order valence-electron chi connectivity index (χ1n) is 11.5. The average Bonchev–Trinajstić information content (AvgIpc) is 2.94. The summed E-state index contributed by atoms with van der Waals surface area (Å²) in [7, 11) is 0. The van der Waals surface area contributed by atoms with Crippen LogP contribution in [0.1, 0.15) is 0 Å². The van der Waals surface area contributed by atoms with Crippen molar-refractivity contribution in [1.82, 2.24) is 9.97 Å². The molecular weight excluding hydrogens is 492 g/mol. The number of hydrogen-bond donors (Lipinski definition) is 0. The number of rotatable bonds is 4. The third-order valence-corrected chi connectivity index (χ3v) is 6.86. The Morgan fingerprint density at radius 2 is 1.03 bits per heavy atom. The first kappa shape index (κ1) is 21.5. The lowest BCUT2D eigenvalue weighted by Gasteiger charge is -2.12. The second kappa shape index (κ2) is 9.28.